The number of hydrogen-bond acceptors (Lipinski definition) is 1. The smallest absolute Gasteiger partial charge is 0.0125 e. The Labute approximate surface area is 177 Å². The molecule has 1 aromatic rings. The Morgan fingerprint density at radius 3 is 1.14 bits per heavy atom. The van der Waals surface area contributed by atoms with Crippen molar-refractivity contribution in [3.05, 3.63) is 35.4 Å². The van der Waals surface area contributed by atoms with Crippen molar-refractivity contribution in [1.82, 2.24) is 4.90 Å². The molecule has 0 saturated carbocycles. The van der Waals surface area contributed by atoms with Gasteiger partial charge in [-0.25, -0.2) is 0 Å². The van der Waals surface area contributed by atoms with E-state index in [0.29, 0.717) is 11.0 Å². The predicted octanol–water partition coefficient (Wildman–Crippen LogP) is 7.82. The van der Waals surface area contributed by atoms with Crippen molar-refractivity contribution in [3.63, 3.8) is 0 Å². The van der Waals surface area contributed by atoms with Gasteiger partial charge in [0.15, 0.2) is 0 Å². The lowest BCUT2D eigenvalue weighted by atomic mass is 9.75. The lowest BCUT2D eigenvalue weighted by Crippen LogP contribution is -2.47. The van der Waals surface area contributed by atoms with Crippen molar-refractivity contribution >= 4 is 0 Å². The molecule has 0 amide bonds. The van der Waals surface area contributed by atoms with Crippen LogP contribution in [0.15, 0.2) is 24.3 Å². The summed E-state index contributed by atoms with van der Waals surface area (Å²) < 4.78 is 0. The number of likely N-dealkylation sites (tertiary alicyclic amines) is 1. The molecule has 0 aromatic heterocycles. The fourth-order valence-electron chi connectivity index (χ4n) is 3.89. The summed E-state index contributed by atoms with van der Waals surface area (Å²) in [6, 6.07) is 9.00. The van der Waals surface area contributed by atoms with Crippen LogP contribution in [0.3, 0.4) is 0 Å². The van der Waals surface area contributed by atoms with Crippen LogP contribution in [0.25, 0.3) is 0 Å². The molecule has 0 spiro atoms. The maximum Gasteiger partial charge on any atom is 0.0125 e. The quantitative estimate of drug-likeness (QED) is 0.438. The molecule has 1 aliphatic heterocycles. The first-order valence-corrected chi connectivity index (χ1v) is 11.3. The third-order valence-corrected chi connectivity index (χ3v) is 6.29. The summed E-state index contributed by atoms with van der Waals surface area (Å²) in [7, 11) is 0. The van der Waals surface area contributed by atoms with Crippen LogP contribution in [0.4, 0.5) is 0 Å². The summed E-state index contributed by atoms with van der Waals surface area (Å²) >= 11 is 0. The minimum atomic E-state index is 0.260. The average Bonchev–Trinajstić information content (AvgIpc) is 2.52. The average molecular weight is 388 g/mol. The maximum atomic E-state index is 2.62. The number of rotatable bonds is 0. The van der Waals surface area contributed by atoms with E-state index in [9.17, 15) is 0 Å². The number of nitrogens with zero attached hydrogens (tertiary/aromatic N) is 1. The van der Waals surface area contributed by atoms with E-state index in [4.69, 9.17) is 0 Å². The topological polar surface area (TPSA) is 3.24 Å². The summed E-state index contributed by atoms with van der Waals surface area (Å²) in [5.41, 5.74) is 4.20. The van der Waals surface area contributed by atoms with E-state index < -0.39 is 0 Å². The highest BCUT2D eigenvalue weighted by atomic mass is 15.2. The van der Waals surface area contributed by atoms with Crippen molar-refractivity contribution in [3.8, 4) is 0 Å². The SMILES string of the molecule is CC(C)(C)C1CCN(C(C)(C)C)CC1.CC(C)(C)c1ccc(C(C)(C)C)cc1. The van der Waals surface area contributed by atoms with Gasteiger partial charge in [0.1, 0.15) is 0 Å². The highest BCUT2D eigenvalue weighted by molar-refractivity contribution is 5.30. The van der Waals surface area contributed by atoms with Crippen molar-refractivity contribution in [1.29, 1.82) is 0 Å². The molecule has 1 nitrogen and oxygen atoms in total. The van der Waals surface area contributed by atoms with Gasteiger partial charge in [-0.3, -0.25) is 4.90 Å². The Balaban J connectivity index is 0.000000280. The maximum absolute atomic E-state index is 2.62. The van der Waals surface area contributed by atoms with Crippen molar-refractivity contribution in [2.45, 2.75) is 112 Å². The molecule has 2 rings (SSSR count). The van der Waals surface area contributed by atoms with Gasteiger partial charge in [-0.15, -0.1) is 0 Å². The van der Waals surface area contributed by atoms with E-state index in [1.165, 1.54) is 37.1 Å². The Bertz CT molecular complexity index is 519. The molecule has 0 unspecified atom stereocenters. The fourth-order valence-corrected chi connectivity index (χ4v) is 3.89. The molecule has 0 N–H and O–H groups in total. The zero-order valence-corrected chi connectivity index (χ0v) is 21.2. The van der Waals surface area contributed by atoms with Crippen LogP contribution in [0.2, 0.25) is 0 Å². The van der Waals surface area contributed by atoms with Gasteiger partial charge in [-0.05, 0) is 80.0 Å². The van der Waals surface area contributed by atoms with Gasteiger partial charge in [0, 0.05) is 5.54 Å². The fraction of sp³-hybridized carbons (Fsp3) is 0.778. The van der Waals surface area contributed by atoms with Crippen LogP contribution in [0.5, 0.6) is 0 Å². The molecule has 1 heterocycles. The van der Waals surface area contributed by atoms with Crippen LogP contribution < -0.4 is 0 Å². The number of benzene rings is 1. The normalized spacial score (nSPS) is 17.9. The molecule has 162 valence electrons. The van der Waals surface area contributed by atoms with E-state index >= 15 is 0 Å². The molecule has 1 aromatic carbocycles. The van der Waals surface area contributed by atoms with Crippen LogP contribution in [0, 0.1) is 11.3 Å². The summed E-state index contributed by atoms with van der Waals surface area (Å²) in [5.74, 6) is 0.918. The first-order valence-electron chi connectivity index (χ1n) is 11.3. The largest absolute Gasteiger partial charge is 0.298 e. The van der Waals surface area contributed by atoms with Crippen molar-refractivity contribution in [2.75, 3.05) is 13.1 Å². The first kappa shape index (κ1) is 25.2. The Hall–Kier alpha value is -0.820. The molecule has 1 saturated heterocycles. The molecule has 1 aliphatic rings. The monoisotopic (exact) mass is 387 g/mol. The first-order chi connectivity index (χ1) is 12.4. The number of piperidine rings is 1. The lowest BCUT2D eigenvalue weighted by Gasteiger charge is -2.44. The van der Waals surface area contributed by atoms with Crippen LogP contribution in [0.1, 0.15) is 107 Å². The molecular weight excluding hydrogens is 338 g/mol. The molecule has 1 heteroatoms. The Morgan fingerprint density at radius 1 is 0.607 bits per heavy atom. The van der Waals surface area contributed by atoms with E-state index in [2.05, 4.69) is 112 Å². The van der Waals surface area contributed by atoms with E-state index in [0.717, 1.165) is 5.92 Å². The molecule has 0 radical (unpaired) electrons. The van der Waals surface area contributed by atoms with Crippen LogP contribution in [-0.2, 0) is 10.8 Å². The Morgan fingerprint density at radius 2 is 0.929 bits per heavy atom. The summed E-state index contributed by atoms with van der Waals surface area (Å²) in [4.78, 5) is 2.62. The zero-order valence-electron chi connectivity index (χ0n) is 21.2. The standard InChI is InChI=1S/C14H22.C13H27N/c1-13(2,3)11-7-9-12(10-8-11)14(4,5)6;1-12(2,3)11-7-9-14(10-8-11)13(4,5)6/h7-10H,1-6H3;11H,7-10H2,1-6H3. The van der Waals surface area contributed by atoms with Gasteiger partial charge in [-0.1, -0.05) is 86.6 Å². The van der Waals surface area contributed by atoms with Crippen LogP contribution in [-0.4, -0.2) is 23.5 Å². The summed E-state index contributed by atoms with van der Waals surface area (Å²) in [6.45, 7) is 30.2. The van der Waals surface area contributed by atoms with Gasteiger partial charge >= 0.3 is 0 Å². The zero-order chi connectivity index (χ0) is 22.0. The van der Waals surface area contributed by atoms with E-state index in [1.54, 1.807) is 0 Å². The highest BCUT2D eigenvalue weighted by Gasteiger charge is 2.32. The highest BCUT2D eigenvalue weighted by Crippen LogP contribution is 2.35. The van der Waals surface area contributed by atoms with Crippen molar-refractivity contribution in [2.24, 2.45) is 11.3 Å². The second-order valence-corrected chi connectivity index (χ2v) is 12.9. The molecular formula is C27H49N. The minimum Gasteiger partial charge on any atom is -0.298 e. The number of hydrogen-bond donors (Lipinski definition) is 0. The van der Waals surface area contributed by atoms with Gasteiger partial charge in [0.05, 0.1) is 0 Å². The second kappa shape index (κ2) is 8.90. The summed E-state index contributed by atoms with van der Waals surface area (Å²) in [5, 5.41) is 0. The molecule has 0 aliphatic carbocycles. The summed E-state index contributed by atoms with van der Waals surface area (Å²) in [6.07, 6.45) is 2.75. The van der Waals surface area contributed by atoms with Gasteiger partial charge < -0.3 is 0 Å². The van der Waals surface area contributed by atoms with Crippen molar-refractivity contribution < 1.29 is 0 Å². The van der Waals surface area contributed by atoms with Crippen LogP contribution >= 0.6 is 0 Å². The molecule has 1 fully saturated rings. The van der Waals surface area contributed by atoms with Gasteiger partial charge in [-0.2, -0.15) is 0 Å². The van der Waals surface area contributed by atoms with Gasteiger partial charge in [0.2, 0.25) is 0 Å². The molecule has 0 atom stereocenters. The van der Waals surface area contributed by atoms with Gasteiger partial charge in [0.25, 0.3) is 0 Å². The third-order valence-electron chi connectivity index (χ3n) is 6.29. The third kappa shape index (κ3) is 7.90. The molecule has 0 bridgehead atoms. The van der Waals surface area contributed by atoms with E-state index in [1.807, 2.05) is 0 Å². The lowest BCUT2D eigenvalue weighted by molar-refractivity contribution is 0.0532. The molecule has 28 heavy (non-hydrogen) atoms. The Kier molecular flexibility index (Phi) is 8.02. The van der Waals surface area contributed by atoms with E-state index in [-0.39, 0.29) is 10.8 Å². The predicted molar refractivity (Wildman–Crippen MR) is 127 cm³/mol. The minimum absolute atomic E-state index is 0.260. The second-order valence-electron chi connectivity index (χ2n) is 12.9.